The number of carbonyl (C=O) groups is 2. The van der Waals surface area contributed by atoms with E-state index in [9.17, 15) is 9.59 Å². The molecule has 1 rings (SSSR count). The Kier molecular flexibility index (Phi) is 46.4. The summed E-state index contributed by atoms with van der Waals surface area (Å²) in [6.45, 7) is 15.6. The Morgan fingerprint density at radius 3 is 0.721 bits per heavy atom. The molecule has 0 aromatic rings. The molecule has 0 aliphatic carbocycles. The van der Waals surface area contributed by atoms with Gasteiger partial charge in [-0.15, -0.1) is 0 Å². The second-order valence-electron chi connectivity index (χ2n) is 14.4. The Bertz CT molecular complexity index is 930. The third kappa shape index (κ3) is 43.4. The highest BCUT2D eigenvalue weighted by molar-refractivity contribution is 6.12. The van der Waals surface area contributed by atoms with Crippen molar-refractivity contribution in [3.63, 3.8) is 0 Å². The lowest BCUT2D eigenvalue weighted by Gasteiger charge is -2.13. The monoisotopic (exact) mass is 880 g/mol. The van der Waals surface area contributed by atoms with E-state index in [0.717, 1.165) is 17.9 Å². The van der Waals surface area contributed by atoms with Crippen LogP contribution in [0.15, 0.2) is 12.2 Å². The van der Waals surface area contributed by atoms with Gasteiger partial charge in [-0.2, -0.15) is 0 Å². The van der Waals surface area contributed by atoms with Crippen LogP contribution >= 0.6 is 0 Å². The third-order valence-corrected chi connectivity index (χ3v) is 9.22. The Morgan fingerprint density at radius 2 is 0.475 bits per heavy atom. The fourth-order valence-corrected chi connectivity index (χ4v) is 5.77. The quantitative estimate of drug-likeness (QED) is 0.0579. The summed E-state index contributed by atoms with van der Waals surface area (Å²) in [5.41, 5.74) is 0. The summed E-state index contributed by atoms with van der Waals surface area (Å²) in [5.74, 6) is -0.612. The van der Waals surface area contributed by atoms with Crippen LogP contribution < -0.4 is 0 Å². The van der Waals surface area contributed by atoms with Crippen LogP contribution in [0.5, 0.6) is 0 Å². The molecule has 61 heavy (non-hydrogen) atoms. The maximum atomic E-state index is 11.4. The normalized spacial score (nSPS) is 12.8. The smallest absolute Gasteiger partial charge is 0.253 e. The van der Waals surface area contributed by atoms with Gasteiger partial charge in [0.15, 0.2) is 0 Å². The molecule has 0 saturated heterocycles. The zero-order valence-electron chi connectivity index (χ0n) is 38.0. The number of rotatable bonds is 53. The minimum absolute atomic E-state index is 0.239. The fourth-order valence-electron chi connectivity index (χ4n) is 5.77. The molecule has 2 amide bonds. The predicted molar refractivity (Wildman–Crippen MR) is 232 cm³/mol. The Hall–Kier alpha value is -1.64. The molecule has 0 aromatic carbocycles. The van der Waals surface area contributed by atoms with E-state index in [1.165, 1.54) is 89.2 Å². The largest absolute Gasteiger partial charge is 0.379 e. The first-order chi connectivity index (χ1) is 30.3. The van der Waals surface area contributed by atoms with Crippen molar-refractivity contribution in [2.24, 2.45) is 0 Å². The molecule has 0 bridgehead atoms. The van der Waals surface area contributed by atoms with Crippen LogP contribution in [0, 0.1) is 0 Å². The summed E-state index contributed by atoms with van der Waals surface area (Å²) in [5, 5.41) is 0. The van der Waals surface area contributed by atoms with Gasteiger partial charge in [-0.25, -0.2) is 0 Å². The van der Waals surface area contributed by atoms with Gasteiger partial charge in [0.05, 0.1) is 172 Å². The Morgan fingerprint density at radius 1 is 0.279 bits per heavy atom. The summed E-state index contributed by atoms with van der Waals surface area (Å²) in [6, 6.07) is 0. The number of unbranched alkanes of at least 4 members (excludes halogenated alkanes) is 12. The van der Waals surface area contributed by atoms with Crippen LogP contribution in [0.4, 0.5) is 0 Å². The average Bonchev–Trinajstić information content (AvgIpc) is 3.59. The first-order valence-electron chi connectivity index (χ1n) is 23.3. The standard InChI is InChI=1S/C45H85NO15/c1-2-3-4-5-6-7-8-9-10-11-12-13-14-18-49-20-22-51-24-26-53-28-30-55-32-34-57-36-38-59-40-42-61-43-41-60-39-37-58-35-33-56-31-29-54-27-25-52-23-21-50-19-17-46-44(47)15-16-45(46)48/h15-16H,2-14,17-43H2,1H3. The lowest BCUT2D eigenvalue weighted by molar-refractivity contribution is -0.137. The first kappa shape index (κ1) is 57.4. The molecule has 1 aliphatic rings. The number of nitrogens with zero attached hydrogens (tertiary/aromatic N) is 1. The van der Waals surface area contributed by atoms with E-state index >= 15 is 0 Å². The minimum atomic E-state index is -0.306. The van der Waals surface area contributed by atoms with Crippen molar-refractivity contribution in [1.82, 2.24) is 4.90 Å². The summed E-state index contributed by atoms with van der Waals surface area (Å²) < 4.78 is 71.6. The summed E-state index contributed by atoms with van der Waals surface area (Å²) in [7, 11) is 0. The molecular formula is C45H85NO15. The van der Waals surface area contributed by atoms with Crippen molar-refractivity contribution >= 4 is 11.8 Å². The maximum absolute atomic E-state index is 11.4. The number of imide groups is 1. The van der Waals surface area contributed by atoms with Gasteiger partial charge in [0, 0.05) is 18.8 Å². The molecule has 0 aromatic heterocycles. The van der Waals surface area contributed by atoms with Gasteiger partial charge < -0.3 is 61.6 Å². The summed E-state index contributed by atoms with van der Waals surface area (Å²) >= 11 is 0. The molecule has 0 N–H and O–H groups in total. The van der Waals surface area contributed by atoms with Crippen LogP contribution in [0.2, 0.25) is 0 Å². The third-order valence-electron chi connectivity index (χ3n) is 9.22. The van der Waals surface area contributed by atoms with E-state index < -0.39 is 0 Å². The SMILES string of the molecule is CCCCCCCCCCCCCCCOCCOCCOCCOCCOCCOCCOCCOCCOCCOCCOCCOCCOCCN1C(=O)C=CC1=O. The highest BCUT2D eigenvalue weighted by Crippen LogP contribution is 2.12. The van der Waals surface area contributed by atoms with Crippen molar-refractivity contribution in [3.8, 4) is 0 Å². The summed E-state index contributed by atoms with van der Waals surface area (Å²) in [6.07, 6.45) is 20.2. The molecule has 0 unspecified atom stereocenters. The van der Waals surface area contributed by atoms with Crippen LogP contribution in [0.1, 0.15) is 90.4 Å². The van der Waals surface area contributed by atoms with Gasteiger partial charge >= 0.3 is 0 Å². The molecule has 16 nitrogen and oxygen atoms in total. The van der Waals surface area contributed by atoms with Crippen LogP contribution in [-0.4, -0.2) is 195 Å². The molecular weight excluding hydrogens is 794 g/mol. The molecule has 1 aliphatic heterocycles. The van der Waals surface area contributed by atoms with Gasteiger partial charge in [0.2, 0.25) is 0 Å². The van der Waals surface area contributed by atoms with E-state index in [2.05, 4.69) is 6.92 Å². The second-order valence-corrected chi connectivity index (χ2v) is 14.4. The number of ether oxygens (including phenoxy) is 13. The van der Waals surface area contributed by atoms with Gasteiger partial charge in [0.1, 0.15) is 0 Å². The predicted octanol–water partition coefficient (Wildman–Crippen LogP) is 5.22. The number of carbonyl (C=O) groups excluding carboxylic acids is 2. The topological polar surface area (TPSA) is 157 Å². The lowest BCUT2D eigenvalue weighted by Crippen LogP contribution is -2.33. The molecule has 0 radical (unpaired) electrons. The zero-order valence-corrected chi connectivity index (χ0v) is 38.0. The fraction of sp³-hybridized carbons (Fsp3) is 0.911. The Balaban J connectivity index is 1.60. The molecule has 360 valence electrons. The van der Waals surface area contributed by atoms with Crippen molar-refractivity contribution in [2.45, 2.75) is 90.4 Å². The molecule has 0 fully saturated rings. The van der Waals surface area contributed by atoms with Gasteiger partial charge in [-0.1, -0.05) is 84.0 Å². The number of hydrogen-bond acceptors (Lipinski definition) is 15. The molecule has 0 saturated carbocycles. The number of hydrogen-bond donors (Lipinski definition) is 0. The van der Waals surface area contributed by atoms with Gasteiger partial charge in [0.25, 0.3) is 11.8 Å². The highest BCUT2D eigenvalue weighted by Gasteiger charge is 2.22. The van der Waals surface area contributed by atoms with Crippen molar-refractivity contribution in [2.75, 3.05) is 178 Å². The van der Waals surface area contributed by atoms with Crippen molar-refractivity contribution in [3.05, 3.63) is 12.2 Å². The first-order valence-corrected chi connectivity index (χ1v) is 23.3. The van der Waals surface area contributed by atoms with Crippen molar-refractivity contribution in [1.29, 1.82) is 0 Å². The van der Waals surface area contributed by atoms with Crippen LogP contribution in [-0.2, 0) is 71.2 Å². The van der Waals surface area contributed by atoms with E-state index in [-0.39, 0.29) is 25.0 Å². The summed E-state index contributed by atoms with van der Waals surface area (Å²) in [4.78, 5) is 24.0. The average molecular weight is 880 g/mol. The highest BCUT2D eigenvalue weighted by atomic mass is 16.6. The lowest BCUT2D eigenvalue weighted by atomic mass is 10.0. The number of amides is 2. The Labute approximate surface area is 368 Å². The molecule has 0 spiro atoms. The maximum Gasteiger partial charge on any atom is 0.253 e. The van der Waals surface area contributed by atoms with E-state index in [0.29, 0.717) is 159 Å². The molecule has 16 heteroatoms. The van der Waals surface area contributed by atoms with Crippen molar-refractivity contribution < 1.29 is 71.2 Å². The molecule has 0 atom stereocenters. The van der Waals surface area contributed by atoms with E-state index in [1.807, 2.05) is 0 Å². The molecule has 1 heterocycles. The second kappa shape index (κ2) is 49.4. The minimum Gasteiger partial charge on any atom is -0.379 e. The van der Waals surface area contributed by atoms with Crippen LogP contribution in [0.3, 0.4) is 0 Å². The van der Waals surface area contributed by atoms with Gasteiger partial charge in [-0.3, -0.25) is 14.5 Å². The van der Waals surface area contributed by atoms with Gasteiger partial charge in [-0.05, 0) is 6.42 Å². The van der Waals surface area contributed by atoms with E-state index in [4.69, 9.17) is 61.6 Å². The van der Waals surface area contributed by atoms with E-state index in [1.54, 1.807) is 0 Å². The van der Waals surface area contributed by atoms with Crippen LogP contribution in [0.25, 0.3) is 0 Å². The zero-order chi connectivity index (χ0) is 43.6.